The van der Waals surface area contributed by atoms with Crippen molar-refractivity contribution < 1.29 is 56.8 Å². The van der Waals surface area contributed by atoms with Gasteiger partial charge >= 0.3 is 0 Å². The molecule has 0 radical (unpaired) electrons. The molecule has 8 bridgehead atoms. The summed E-state index contributed by atoms with van der Waals surface area (Å²) in [5.41, 5.74) is 8.40. The number of unbranched alkanes of at least 4 members (excludes halogenated alkanes) is 12. The Morgan fingerprint density at radius 2 is 0.476 bits per heavy atom. The van der Waals surface area contributed by atoms with Crippen LogP contribution in [0.15, 0.2) is 24.3 Å². The maximum Gasteiger partial charge on any atom is 0.231 e. The quantitative estimate of drug-likeness (QED) is 0.0319. The molecule has 9 rings (SSSR count). The van der Waals surface area contributed by atoms with Gasteiger partial charge in [0.2, 0.25) is 50.2 Å². The Kier molecular flexibility index (Phi) is 26.0. The molecule has 4 aromatic carbocycles. The van der Waals surface area contributed by atoms with Crippen molar-refractivity contribution in [2.24, 2.45) is 0 Å². The number of benzene rings is 4. The summed E-state index contributed by atoms with van der Waals surface area (Å²) in [5, 5.41) is 3.50. The van der Waals surface area contributed by atoms with Gasteiger partial charge in [-0.25, -0.2) is 0 Å². The van der Waals surface area contributed by atoms with Gasteiger partial charge in [-0.05, 0) is 101 Å². The zero-order valence-electron chi connectivity index (χ0n) is 50.5. The van der Waals surface area contributed by atoms with E-state index in [4.69, 9.17) is 56.8 Å². The topological polar surface area (TPSA) is 111 Å². The van der Waals surface area contributed by atoms with E-state index >= 15 is 0 Å². The van der Waals surface area contributed by atoms with Crippen molar-refractivity contribution in [1.82, 2.24) is 0 Å². The van der Waals surface area contributed by atoms with Crippen LogP contribution in [0, 0.1) is 0 Å². The van der Waals surface area contributed by atoms with Crippen LogP contribution in [0.25, 0.3) is 0 Å². The summed E-state index contributed by atoms with van der Waals surface area (Å²) in [4.78, 5) is 0. The Hall–Kier alpha value is -3.60. The molecule has 0 fully saturated rings. The number of hydrogen-bond donors (Lipinski definition) is 0. The van der Waals surface area contributed by atoms with Gasteiger partial charge in [-0.15, -0.1) is 0 Å². The average Bonchev–Trinajstić information content (AvgIpc) is 1.59. The number of alkyl halides is 4. The van der Waals surface area contributed by atoms with Crippen LogP contribution in [0.1, 0.15) is 250 Å². The second-order valence-corrected chi connectivity index (χ2v) is 26.1. The molecule has 4 aromatic rings. The van der Waals surface area contributed by atoms with Crippen LogP contribution in [0.3, 0.4) is 0 Å². The predicted octanol–water partition coefficient (Wildman–Crippen LogP) is 20.0. The molecule has 0 aromatic heterocycles. The van der Waals surface area contributed by atoms with Crippen molar-refractivity contribution in [2.75, 3.05) is 74.9 Å². The normalized spacial score (nSPS) is 17.7. The molecule has 5 aliphatic rings. The summed E-state index contributed by atoms with van der Waals surface area (Å²) in [7, 11) is 0. The van der Waals surface area contributed by atoms with Gasteiger partial charge in [0.25, 0.3) is 0 Å². The molecule has 0 saturated heterocycles. The van der Waals surface area contributed by atoms with Crippen molar-refractivity contribution in [3.63, 3.8) is 0 Å². The van der Waals surface area contributed by atoms with Gasteiger partial charge < -0.3 is 56.8 Å². The van der Waals surface area contributed by atoms with E-state index in [9.17, 15) is 0 Å². The highest BCUT2D eigenvalue weighted by atomic mass is 79.9. The summed E-state index contributed by atoms with van der Waals surface area (Å²) in [6.45, 7) is 10.6. The molecule has 12 nitrogen and oxygen atoms in total. The molecule has 0 spiro atoms. The monoisotopic (exact) mass is 1420 g/mol. The van der Waals surface area contributed by atoms with Gasteiger partial charge in [0.15, 0.2) is 46.0 Å². The SMILES string of the molecule is CCCCCC1c2cc3c4c(OCCCCBr)c2OCOc2c1cc1c(c2OCCCCBr)OCOc2c(cc5c(c2OCCCCBr)OCOc2c(cc(c(c2OCCCCBr)OCO4)C3CCCCC)C5CCCCC)C1CCCCC. The van der Waals surface area contributed by atoms with Crippen LogP contribution in [-0.4, -0.2) is 74.9 Å². The van der Waals surface area contributed by atoms with Gasteiger partial charge in [-0.3, -0.25) is 0 Å². The molecule has 4 aliphatic heterocycles. The maximum atomic E-state index is 7.16. The Labute approximate surface area is 534 Å². The van der Waals surface area contributed by atoms with Crippen LogP contribution in [0.4, 0.5) is 0 Å². The minimum atomic E-state index is -0.220. The van der Waals surface area contributed by atoms with Gasteiger partial charge in [0, 0.05) is 89.5 Å². The van der Waals surface area contributed by atoms with Crippen molar-refractivity contribution >= 4 is 63.7 Å². The molecule has 0 atom stereocenters. The molecule has 16 heteroatoms. The molecular formula is C68H92Br4O12. The van der Waals surface area contributed by atoms with Crippen LogP contribution in [-0.2, 0) is 0 Å². The first-order valence-corrected chi connectivity index (χ1v) is 36.5. The van der Waals surface area contributed by atoms with E-state index in [0.717, 1.165) is 220 Å². The molecule has 0 N–H and O–H groups in total. The molecule has 0 unspecified atom stereocenters. The summed E-state index contributed by atoms with van der Waals surface area (Å²) < 4.78 is 85.2. The average molecular weight is 1420 g/mol. The maximum absolute atomic E-state index is 7.16. The van der Waals surface area contributed by atoms with E-state index in [1.54, 1.807) is 0 Å². The van der Waals surface area contributed by atoms with Gasteiger partial charge in [-0.1, -0.05) is 168 Å². The molecule has 464 valence electrons. The fourth-order valence-corrected chi connectivity index (χ4v) is 14.4. The van der Waals surface area contributed by atoms with Crippen molar-refractivity contribution in [1.29, 1.82) is 0 Å². The van der Waals surface area contributed by atoms with Crippen LogP contribution in [0.2, 0.25) is 0 Å². The third-order valence-electron chi connectivity index (χ3n) is 17.1. The zero-order chi connectivity index (χ0) is 58.6. The first-order valence-electron chi connectivity index (χ1n) is 32.1. The molecule has 0 saturated carbocycles. The zero-order valence-corrected chi connectivity index (χ0v) is 56.8. The van der Waals surface area contributed by atoms with E-state index in [1.807, 2.05) is 0 Å². The standard InChI is InChI=1S/C68H92Br4O12/c1-5-9-13-25-45-49-37-51-46(26-14-10-6-2)53-39-55-48(28-16-12-8-4)56-40-54-47(27-15-11-7-3)52-38-50(45)58-66(74-34-22-18-30-70)60(52)80-43-82-62(54)68(76-36-24-20-32-72)64(56)84-44-83-63(55)67(75-35-23-19-31-71)61(53)81-42-79-59(51)65(57(49)77-41-78-58)73-33-21-17-29-69/h37-40,45-48H,5-36,41-44H2,1-4H3. The second-order valence-electron chi connectivity index (χ2n) is 23.0. The highest BCUT2D eigenvalue weighted by molar-refractivity contribution is 9.09. The van der Waals surface area contributed by atoms with Gasteiger partial charge in [0.05, 0.1) is 26.4 Å². The van der Waals surface area contributed by atoms with E-state index in [0.29, 0.717) is 95.4 Å². The largest absolute Gasteiger partial charge is 0.486 e. The molecular weight excluding hydrogens is 1330 g/mol. The number of ether oxygens (including phenoxy) is 12. The molecule has 4 heterocycles. The lowest BCUT2D eigenvalue weighted by atomic mass is 9.75. The van der Waals surface area contributed by atoms with E-state index in [-0.39, 0.29) is 50.8 Å². The first kappa shape index (κ1) is 64.9. The number of halogens is 4. The Morgan fingerprint density at radius 3 is 0.643 bits per heavy atom. The minimum Gasteiger partial charge on any atom is -0.486 e. The smallest absolute Gasteiger partial charge is 0.231 e. The van der Waals surface area contributed by atoms with Crippen LogP contribution in [0.5, 0.6) is 69.0 Å². The molecule has 1 aliphatic carbocycles. The van der Waals surface area contributed by atoms with E-state index in [1.165, 1.54) is 0 Å². The fraction of sp³-hybridized carbons (Fsp3) is 0.647. The Morgan fingerprint density at radius 1 is 0.286 bits per heavy atom. The summed E-state index contributed by atoms with van der Waals surface area (Å²) in [5.74, 6) is 6.66. The van der Waals surface area contributed by atoms with Gasteiger partial charge in [0.1, 0.15) is 0 Å². The highest BCUT2D eigenvalue weighted by Gasteiger charge is 2.43. The first-order chi connectivity index (χ1) is 41.5. The van der Waals surface area contributed by atoms with Crippen LogP contribution < -0.4 is 56.8 Å². The van der Waals surface area contributed by atoms with E-state index < -0.39 is 0 Å². The van der Waals surface area contributed by atoms with Crippen molar-refractivity contribution in [3.8, 4) is 69.0 Å². The van der Waals surface area contributed by atoms with E-state index in [2.05, 4.69) is 116 Å². The summed E-state index contributed by atoms with van der Waals surface area (Å²) in [6, 6.07) is 9.68. The van der Waals surface area contributed by atoms with Crippen LogP contribution >= 0.6 is 63.7 Å². The lowest BCUT2D eigenvalue weighted by molar-refractivity contribution is 0.0820. The summed E-state index contributed by atoms with van der Waals surface area (Å²) in [6.07, 6.45) is 22.8. The molecule has 0 amide bonds. The predicted molar refractivity (Wildman–Crippen MR) is 348 cm³/mol. The minimum absolute atomic E-state index is 0.101. The Bertz CT molecular complexity index is 2250. The fourth-order valence-electron chi connectivity index (χ4n) is 12.8. The second kappa shape index (κ2) is 33.7. The third-order valence-corrected chi connectivity index (χ3v) is 19.3. The molecule has 84 heavy (non-hydrogen) atoms. The van der Waals surface area contributed by atoms with Crippen molar-refractivity contribution in [3.05, 3.63) is 68.8 Å². The number of rotatable bonds is 36. The number of hydrogen-bond acceptors (Lipinski definition) is 12. The Balaban J connectivity index is 1.48. The van der Waals surface area contributed by atoms with Gasteiger partial charge in [-0.2, -0.15) is 0 Å². The third kappa shape index (κ3) is 15.1. The van der Waals surface area contributed by atoms with Crippen molar-refractivity contribution in [2.45, 2.75) is 205 Å². The highest BCUT2D eigenvalue weighted by Crippen LogP contribution is 2.62. The summed E-state index contributed by atoms with van der Waals surface area (Å²) >= 11 is 14.8. The lowest BCUT2D eigenvalue weighted by Gasteiger charge is -2.37. The lowest BCUT2D eigenvalue weighted by Crippen LogP contribution is -2.24.